The molecule has 2 aliphatic heterocycles. The van der Waals surface area contributed by atoms with Crippen molar-refractivity contribution in [3.8, 4) is 17.2 Å². The Morgan fingerprint density at radius 2 is 1.51 bits per heavy atom. The standard InChI is InChI=1S/C26H33NO7S/c1-19-16-20(2)18-24(17-19)34-22-6-4-21(5-7-22)33-23-8-12-27(13-9-23)35(29,30)26(25(28)31-3)10-14-32-15-11-26/h4-7,16-18,23H,8-15H2,1-3H3. The number of carbonyl (C=O) groups excluding carboxylic acids is 1. The molecule has 2 fully saturated rings. The second-order valence-electron chi connectivity index (χ2n) is 9.22. The smallest absolute Gasteiger partial charge is 0.328 e. The van der Waals surface area contributed by atoms with E-state index < -0.39 is 20.7 Å². The molecule has 2 heterocycles. The summed E-state index contributed by atoms with van der Waals surface area (Å²) in [6.07, 6.45) is 1.17. The molecule has 2 aromatic carbocycles. The molecule has 0 atom stereocenters. The van der Waals surface area contributed by atoms with Crippen molar-refractivity contribution < 1.29 is 32.2 Å². The Kier molecular flexibility index (Phi) is 7.68. The number of aryl methyl sites for hydroxylation is 2. The van der Waals surface area contributed by atoms with Crippen LogP contribution in [-0.4, -0.2) is 63.0 Å². The van der Waals surface area contributed by atoms with E-state index in [0.29, 0.717) is 37.4 Å². The molecule has 0 unspecified atom stereocenters. The molecule has 0 aromatic heterocycles. The first-order chi connectivity index (χ1) is 16.7. The molecular weight excluding hydrogens is 470 g/mol. The molecule has 2 saturated heterocycles. The summed E-state index contributed by atoms with van der Waals surface area (Å²) in [5, 5.41) is 0. The van der Waals surface area contributed by atoms with Crippen molar-refractivity contribution in [2.45, 2.75) is 50.4 Å². The summed E-state index contributed by atoms with van der Waals surface area (Å²) in [5.41, 5.74) is 2.28. The molecule has 190 valence electrons. The van der Waals surface area contributed by atoms with Crippen LogP contribution < -0.4 is 9.47 Å². The van der Waals surface area contributed by atoms with Crippen LogP contribution in [0.5, 0.6) is 17.2 Å². The van der Waals surface area contributed by atoms with Crippen LogP contribution in [0.4, 0.5) is 0 Å². The van der Waals surface area contributed by atoms with Crippen molar-refractivity contribution in [1.29, 1.82) is 0 Å². The Hall–Kier alpha value is -2.62. The van der Waals surface area contributed by atoms with Crippen LogP contribution in [0.2, 0.25) is 0 Å². The molecule has 8 nitrogen and oxygen atoms in total. The molecule has 2 aliphatic rings. The fourth-order valence-electron chi connectivity index (χ4n) is 4.80. The number of sulfonamides is 1. The third-order valence-electron chi connectivity index (χ3n) is 6.65. The van der Waals surface area contributed by atoms with E-state index in [0.717, 1.165) is 16.9 Å². The maximum absolute atomic E-state index is 13.5. The topological polar surface area (TPSA) is 91.4 Å². The SMILES string of the molecule is COC(=O)C1(S(=O)(=O)N2CCC(Oc3ccc(Oc4cc(C)cc(C)c4)cc3)CC2)CCOCC1. The number of nitrogens with zero attached hydrogens (tertiary/aromatic N) is 1. The predicted octanol–water partition coefficient (Wildman–Crippen LogP) is 3.99. The molecule has 0 bridgehead atoms. The van der Waals surface area contributed by atoms with E-state index in [-0.39, 0.29) is 32.2 Å². The Bertz CT molecular complexity index is 1110. The minimum atomic E-state index is -3.89. The average Bonchev–Trinajstić information content (AvgIpc) is 2.85. The van der Waals surface area contributed by atoms with Crippen LogP contribution in [0.25, 0.3) is 0 Å². The summed E-state index contributed by atoms with van der Waals surface area (Å²) in [6, 6.07) is 13.5. The molecule has 0 spiro atoms. The van der Waals surface area contributed by atoms with E-state index in [9.17, 15) is 13.2 Å². The number of piperidine rings is 1. The van der Waals surface area contributed by atoms with Crippen molar-refractivity contribution in [2.75, 3.05) is 33.4 Å². The lowest BCUT2D eigenvalue weighted by Crippen LogP contribution is -2.58. The number of esters is 1. The molecule has 0 amide bonds. The van der Waals surface area contributed by atoms with Crippen molar-refractivity contribution in [3.05, 3.63) is 53.6 Å². The van der Waals surface area contributed by atoms with Gasteiger partial charge in [-0.3, -0.25) is 4.79 Å². The highest BCUT2D eigenvalue weighted by atomic mass is 32.2. The fraction of sp³-hybridized carbons (Fsp3) is 0.500. The highest BCUT2D eigenvalue weighted by Gasteiger charge is 2.55. The van der Waals surface area contributed by atoms with E-state index >= 15 is 0 Å². The number of rotatable bonds is 7. The zero-order chi connectivity index (χ0) is 25.1. The molecule has 2 aromatic rings. The highest BCUT2D eigenvalue weighted by Crippen LogP contribution is 2.35. The van der Waals surface area contributed by atoms with Crippen molar-refractivity contribution in [1.82, 2.24) is 4.31 Å². The normalized spacial score (nSPS) is 19.2. The molecule has 0 saturated carbocycles. The Balaban J connectivity index is 1.35. The minimum absolute atomic E-state index is 0.106. The number of hydrogen-bond donors (Lipinski definition) is 0. The van der Waals surface area contributed by atoms with Gasteiger partial charge in [0.1, 0.15) is 23.4 Å². The van der Waals surface area contributed by atoms with Gasteiger partial charge in [-0.05, 0) is 74.2 Å². The third kappa shape index (κ3) is 5.47. The summed E-state index contributed by atoms with van der Waals surface area (Å²) in [5.74, 6) is 1.50. The van der Waals surface area contributed by atoms with E-state index in [1.54, 1.807) is 0 Å². The molecular formula is C26H33NO7S. The van der Waals surface area contributed by atoms with Crippen molar-refractivity contribution >= 4 is 16.0 Å². The summed E-state index contributed by atoms with van der Waals surface area (Å²) >= 11 is 0. The van der Waals surface area contributed by atoms with Gasteiger partial charge in [-0.15, -0.1) is 0 Å². The van der Waals surface area contributed by atoms with Gasteiger partial charge in [0.2, 0.25) is 10.0 Å². The van der Waals surface area contributed by atoms with Gasteiger partial charge < -0.3 is 18.9 Å². The Morgan fingerprint density at radius 1 is 0.943 bits per heavy atom. The number of hydrogen-bond acceptors (Lipinski definition) is 7. The van der Waals surface area contributed by atoms with Crippen LogP contribution in [0.1, 0.15) is 36.8 Å². The highest BCUT2D eigenvalue weighted by molar-refractivity contribution is 7.91. The quantitative estimate of drug-likeness (QED) is 0.528. The van der Waals surface area contributed by atoms with E-state index in [1.807, 2.05) is 50.2 Å². The van der Waals surface area contributed by atoms with Crippen molar-refractivity contribution in [3.63, 3.8) is 0 Å². The van der Waals surface area contributed by atoms with Crippen molar-refractivity contribution in [2.24, 2.45) is 0 Å². The van der Waals surface area contributed by atoms with Gasteiger partial charge in [0, 0.05) is 39.1 Å². The maximum atomic E-state index is 13.5. The van der Waals surface area contributed by atoms with Crippen LogP contribution in [-0.2, 0) is 24.3 Å². The Morgan fingerprint density at radius 3 is 2.09 bits per heavy atom. The molecule has 35 heavy (non-hydrogen) atoms. The molecule has 9 heteroatoms. The molecule has 0 N–H and O–H groups in total. The number of methoxy groups -OCH3 is 1. The summed E-state index contributed by atoms with van der Waals surface area (Å²) in [7, 11) is -2.66. The third-order valence-corrected chi connectivity index (χ3v) is 9.26. The second-order valence-corrected chi connectivity index (χ2v) is 11.5. The minimum Gasteiger partial charge on any atom is -0.490 e. The lowest BCUT2D eigenvalue weighted by atomic mass is 9.99. The first kappa shape index (κ1) is 25.5. The van der Waals surface area contributed by atoms with Gasteiger partial charge in [-0.25, -0.2) is 12.7 Å². The van der Waals surface area contributed by atoms with Gasteiger partial charge in [-0.2, -0.15) is 0 Å². The largest absolute Gasteiger partial charge is 0.490 e. The van der Waals surface area contributed by atoms with Crippen LogP contribution in [0.15, 0.2) is 42.5 Å². The molecule has 4 rings (SSSR count). The Labute approximate surface area is 207 Å². The zero-order valence-corrected chi connectivity index (χ0v) is 21.3. The predicted molar refractivity (Wildman–Crippen MR) is 131 cm³/mol. The summed E-state index contributed by atoms with van der Waals surface area (Å²) in [4.78, 5) is 12.5. The number of ether oxygens (including phenoxy) is 4. The van der Waals surface area contributed by atoms with Gasteiger partial charge >= 0.3 is 5.97 Å². The fourth-order valence-corrected chi connectivity index (χ4v) is 6.96. The van der Waals surface area contributed by atoms with Crippen LogP contribution >= 0.6 is 0 Å². The zero-order valence-electron chi connectivity index (χ0n) is 20.5. The number of benzene rings is 2. The van der Waals surface area contributed by atoms with Gasteiger partial charge in [0.15, 0.2) is 4.75 Å². The van der Waals surface area contributed by atoms with Gasteiger partial charge in [0.25, 0.3) is 0 Å². The number of carbonyl (C=O) groups is 1. The lowest BCUT2D eigenvalue weighted by Gasteiger charge is -2.40. The summed E-state index contributed by atoms with van der Waals surface area (Å²) < 4.78 is 49.1. The maximum Gasteiger partial charge on any atom is 0.328 e. The second kappa shape index (κ2) is 10.6. The van der Waals surface area contributed by atoms with Crippen LogP contribution in [0, 0.1) is 13.8 Å². The molecule has 0 radical (unpaired) electrons. The monoisotopic (exact) mass is 503 g/mol. The van der Waals surface area contributed by atoms with E-state index in [1.165, 1.54) is 11.4 Å². The average molecular weight is 504 g/mol. The lowest BCUT2D eigenvalue weighted by molar-refractivity contribution is -0.146. The summed E-state index contributed by atoms with van der Waals surface area (Å²) in [6.45, 7) is 5.09. The van der Waals surface area contributed by atoms with Gasteiger partial charge in [0.05, 0.1) is 7.11 Å². The molecule has 0 aliphatic carbocycles. The van der Waals surface area contributed by atoms with Gasteiger partial charge in [-0.1, -0.05) is 6.07 Å². The van der Waals surface area contributed by atoms with E-state index in [4.69, 9.17) is 18.9 Å². The van der Waals surface area contributed by atoms with E-state index in [2.05, 4.69) is 6.07 Å². The van der Waals surface area contributed by atoms with Crippen LogP contribution in [0.3, 0.4) is 0 Å². The first-order valence-corrected chi connectivity index (χ1v) is 13.4. The first-order valence-electron chi connectivity index (χ1n) is 11.9.